The minimum atomic E-state index is -3.97. The van der Waals surface area contributed by atoms with Gasteiger partial charge in [0, 0.05) is 21.7 Å². The zero-order chi connectivity index (χ0) is 24.7. The van der Waals surface area contributed by atoms with Crippen LogP contribution in [0.1, 0.15) is 31.8 Å². The van der Waals surface area contributed by atoms with Crippen LogP contribution in [0.5, 0.6) is 11.5 Å². The molecule has 0 atom stereocenters. The molecule has 0 aliphatic carbocycles. The third kappa shape index (κ3) is 4.20. The number of sulfone groups is 1. The predicted octanol–water partition coefficient (Wildman–Crippen LogP) is 6.07. The molecule has 6 nitrogen and oxygen atoms in total. The molecular formula is C27H18ClNO5S. The van der Waals surface area contributed by atoms with Crippen molar-refractivity contribution < 1.29 is 22.7 Å². The van der Waals surface area contributed by atoms with Gasteiger partial charge in [0.2, 0.25) is 9.84 Å². The molecule has 0 spiro atoms. The van der Waals surface area contributed by atoms with Gasteiger partial charge in [-0.2, -0.15) is 0 Å². The lowest BCUT2D eigenvalue weighted by molar-refractivity contribution is 0.101. The first kappa shape index (κ1) is 22.8. The van der Waals surface area contributed by atoms with Gasteiger partial charge in [0.15, 0.2) is 11.5 Å². The topological polar surface area (TPSA) is 89.5 Å². The summed E-state index contributed by atoms with van der Waals surface area (Å²) in [6.45, 7) is 1.96. The number of hydrogen-bond acceptors (Lipinski definition) is 5. The molecule has 0 saturated carbocycles. The maximum atomic E-state index is 13.2. The molecule has 0 radical (unpaired) electrons. The number of halogens is 1. The molecule has 1 aliphatic heterocycles. The SMILES string of the molecule is Cc1ccc(Oc2ccc(Cl)cc2NC(=O)c2ccc3c(c2)S(=O)(=O)c2ccccc2C3=O)cc1. The van der Waals surface area contributed by atoms with Crippen LogP contribution in [0, 0.1) is 6.92 Å². The van der Waals surface area contributed by atoms with Crippen LogP contribution in [-0.4, -0.2) is 20.1 Å². The fraction of sp³-hybridized carbons (Fsp3) is 0.0370. The molecule has 0 fully saturated rings. The van der Waals surface area contributed by atoms with E-state index >= 15 is 0 Å². The van der Waals surface area contributed by atoms with Gasteiger partial charge in [0.25, 0.3) is 5.91 Å². The fourth-order valence-corrected chi connectivity index (χ4v) is 5.69. The number of fused-ring (bicyclic) bond motifs is 2. The van der Waals surface area contributed by atoms with Crippen molar-refractivity contribution in [3.63, 3.8) is 0 Å². The van der Waals surface area contributed by atoms with E-state index in [0.29, 0.717) is 22.2 Å². The van der Waals surface area contributed by atoms with Gasteiger partial charge in [-0.15, -0.1) is 0 Å². The molecule has 0 saturated heterocycles. The molecule has 5 rings (SSSR count). The molecule has 0 unspecified atom stereocenters. The summed E-state index contributed by atoms with van der Waals surface area (Å²) in [5.74, 6) is -0.0434. The Bertz CT molecular complexity index is 1610. The van der Waals surface area contributed by atoms with Crippen LogP contribution in [0.4, 0.5) is 5.69 Å². The van der Waals surface area contributed by atoms with E-state index in [1.807, 2.05) is 19.1 Å². The van der Waals surface area contributed by atoms with Crippen molar-refractivity contribution in [2.75, 3.05) is 5.32 Å². The summed E-state index contributed by atoms with van der Waals surface area (Å²) in [5, 5.41) is 3.12. The molecule has 1 N–H and O–H groups in total. The summed E-state index contributed by atoms with van der Waals surface area (Å²) >= 11 is 6.14. The maximum absolute atomic E-state index is 13.2. The lowest BCUT2D eigenvalue weighted by Crippen LogP contribution is -2.21. The van der Waals surface area contributed by atoms with E-state index in [0.717, 1.165) is 5.56 Å². The van der Waals surface area contributed by atoms with E-state index in [9.17, 15) is 18.0 Å². The summed E-state index contributed by atoms with van der Waals surface area (Å²) in [7, 11) is -3.97. The molecule has 1 aliphatic rings. The Kier molecular flexibility index (Phi) is 5.67. The number of carbonyl (C=O) groups is 2. The van der Waals surface area contributed by atoms with Gasteiger partial charge in [0.05, 0.1) is 15.5 Å². The van der Waals surface area contributed by atoms with Crippen LogP contribution >= 0.6 is 11.6 Å². The van der Waals surface area contributed by atoms with E-state index in [1.165, 1.54) is 36.4 Å². The molecule has 1 heterocycles. The lowest BCUT2D eigenvalue weighted by atomic mass is 10.0. The number of anilines is 1. The zero-order valence-electron chi connectivity index (χ0n) is 18.4. The highest BCUT2D eigenvalue weighted by atomic mass is 35.5. The highest BCUT2D eigenvalue weighted by molar-refractivity contribution is 7.91. The molecule has 4 aromatic rings. The Hall–Kier alpha value is -3.94. The number of ketones is 1. The van der Waals surface area contributed by atoms with Gasteiger partial charge in [-0.1, -0.05) is 41.4 Å². The first-order chi connectivity index (χ1) is 16.7. The third-order valence-corrected chi connectivity index (χ3v) is 7.72. The van der Waals surface area contributed by atoms with E-state index in [1.54, 1.807) is 36.4 Å². The molecule has 35 heavy (non-hydrogen) atoms. The highest BCUT2D eigenvalue weighted by Crippen LogP contribution is 2.36. The first-order valence-electron chi connectivity index (χ1n) is 10.6. The van der Waals surface area contributed by atoms with E-state index in [-0.39, 0.29) is 26.5 Å². The maximum Gasteiger partial charge on any atom is 0.255 e. The number of hydrogen-bond donors (Lipinski definition) is 1. The smallest absolute Gasteiger partial charge is 0.255 e. The zero-order valence-corrected chi connectivity index (χ0v) is 20.0. The lowest BCUT2D eigenvalue weighted by Gasteiger charge is -2.19. The van der Waals surface area contributed by atoms with Crippen molar-refractivity contribution in [2.45, 2.75) is 16.7 Å². The number of nitrogens with one attached hydrogen (secondary N) is 1. The summed E-state index contributed by atoms with van der Waals surface area (Å²) in [6, 6.07) is 22.2. The number of aryl methyl sites for hydroxylation is 1. The summed E-state index contributed by atoms with van der Waals surface area (Å²) in [4.78, 5) is 25.7. The van der Waals surface area contributed by atoms with Crippen molar-refractivity contribution in [2.24, 2.45) is 0 Å². The number of ether oxygens (including phenoxy) is 1. The van der Waals surface area contributed by atoms with Gasteiger partial charge >= 0.3 is 0 Å². The summed E-state index contributed by atoms with van der Waals surface area (Å²) in [5.41, 5.74) is 1.61. The molecule has 0 aromatic heterocycles. The predicted molar refractivity (Wildman–Crippen MR) is 132 cm³/mol. The van der Waals surface area contributed by atoms with Crippen LogP contribution in [0.25, 0.3) is 0 Å². The number of rotatable bonds is 4. The van der Waals surface area contributed by atoms with Crippen LogP contribution in [-0.2, 0) is 9.84 Å². The normalized spacial score (nSPS) is 13.5. The largest absolute Gasteiger partial charge is 0.455 e. The third-order valence-electron chi connectivity index (χ3n) is 5.64. The Balaban J connectivity index is 1.48. The summed E-state index contributed by atoms with van der Waals surface area (Å²) in [6.07, 6.45) is 0. The van der Waals surface area contributed by atoms with E-state index in [2.05, 4.69) is 5.32 Å². The van der Waals surface area contributed by atoms with Crippen molar-refractivity contribution in [1.29, 1.82) is 0 Å². The molecule has 4 aromatic carbocycles. The van der Waals surface area contributed by atoms with Gasteiger partial charge in [0.1, 0.15) is 5.75 Å². The Labute approximate surface area is 207 Å². The number of amides is 1. The van der Waals surface area contributed by atoms with Crippen molar-refractivity contribution in [3.8, 4) is 11.5 Å². The average molecular weight is 504 g/mol. The molecule has 8 heteroatoms. The van der Waals surface area contributed by atoms with Gasteiger partial charge in [-0.3, -0.25) is 9.59 Å². The minimum absolute atomic E-state index is 0.0337. The van der Waals surface area contributed by atoms with E-state index in [4.69, 9.17) is 16.3 Å². The Morgan fingerprint density at radius 1 is 0.857 bits per heavy atom. The molecule has 0 bridgehead atoms. The molecular weight excluding hydrogens is 486 g/mol. The van der Waals surface area contributed by atoms with Gasteiger partial charge < -0.3 is 10.1 Å². The second kappa shape index (κ2) is 8.69. The monoisotopic (exact) mass is 503 g/mol. The van der Waals surface area contributed by atoms with Crippen LogP contribution in [0.3, 0.4) is 0 Å². The van der Waals surface area contributed by atoms with E-state index < -0.39 is 21.5 Å². The Morgan fingerprint density at radius 2 is 1.57 bits per heavy atom. The summed E-state index contributed by atoms with van der Waals surface area (Å²) < 4.78 is 32.3. The van der Waals surface area contributed by atoms with Crippen LogP contribution in [0.15, 0.2) is 94.7 Å². The van der Waals surface area contributed by atoms with Crippen molar-refractivity contribution >= 4 is 38.8 Å². The standard InChI is InChI=1S/C27H18ClNO5S/c1-16-6-10-19(11-7-16)34-23-13-9-18(28)15-22(23)29-27(31)17-8-12-21-25(14-17)35(32,33)24-5-3-2-4-20(24)26(21)30/h2-15H,1H3,(H,29,31). The molecule has 1 amide bonds. The Morgan fingerprint density at radius 3 is 2.34 bits per heavy atom. The van der Waals surface area contributed by atoms with Crippen LogP contribution in [0.2, 0.25) is 5.02 Å². The molecule has 174 valence electrons. The van der Waals surface area contributed by atoms with Crippen molar-refractivity contribution in [3.05, 3.63) is 112 Å². The van der Waals surface area contributed by atoms with Gasteiger partial charge in [-0.25, -0.2) is 8.42 Å². The quantitative estimate of drug-likeness (QED) is 0.321. The fourth-order valence-electron chi connectivity index (χ4n) is 3.84. The van der Waals surface area contributed by atoms with Gasteiger partial charge in [-0.05, 0) is 67.6 Å². The van der Waals surface area contributed by atoms with Crippen molar-refractivity contribution in [1.82, 2.24) is 0 Å². The minimum Gasteiger partial charge on any atom is -0.455 e. The number of benzene rings is 4. The number of carbonyl (C=O) groups excluding carboxylic acids is 2. The first-order valence-corrected chi connectivity index (χ1v) is 12.5. The van der Waals surface area contributed by atoms with Crippen LogP contribution < -0.4 is 10.1 Å². The highest BCUT2D eigenvalue weighted by Gasteiger charge is 2.35. The second-order valence-corrected chi connectivity index (χ2v) is 10.4. The second-order valence-electron chi connectivity index (χ2n) is 8.05. The average Bonchev–Trinajstić information content (AvgIpc) is 2.85.